The fraction of sp³-hybridized carbons (Fsp3) is 0.480. The van der Waals surface area contributed by atoms with Crippen molar-refractivity contribution in [3.8, 4) is 28.4 Å². The Morgan fingerprint density at radius 3 is 2.27 bits per heavy atom. The molecule has 0 bridgehead atoms. The van der Waals surface area contributed by atoms with Crippen LogP contribution in [0.3, 0.4) is 0 Å². The van der Waals surface area contributed by atoms with E-state index in [1.54, 1.807) is 28.4 Å². The molecule has 0 aliphatic rings. The molecule has 182 valence electrons. The summed E-state index contributed by atoms with van der Waals surface area (Å²) >= 11 is 0. The normalized spacial score (nSPS) is 11.7. The van der Waals surface area contributed by atoms with Gasteiger partial charge in [-0.25, -0.2) is 0 Å². The molecule has 1 N–H and O–H groups in total. The molecule has 0 saturated carbocycles. The second-order valence-electron chi connectivity index (χ2n) is 7.33. The van der Waals surface area contributed by atoms with Crippen LogP contribution in [-0.4, -0.2) is 61.1 Å². The maximum absolute atomic E-state index is 13.1. The van der Waals surface area contributed by atoms with E-state index in [2.05, 4.69) is 5.32 Å². The third-order valence-corrected chi connectivity index (χ3v) is 5.21. The van der Waals surface area contributed by atoms with Crippen molar-refractivity contribution in [3.63, 3.8) is 0 Å². The van der Waals surface area contributed by atoms with Crippen LogP contribution in [-0.2, 0) is 25.4 Å². The fourth-order valence-corrected chi connectivity index (χ4v) is 3.66. The number of nitrogens with one attached hydrogen (secondary N) is 1. The van der Waals surface area contributed by atoms with Crippen molar-refractivity contribution in [2.24, 2.45) is 0 Å². The number of carbonyl (C=O) groups excluding carboxylic acids is 1. The number of amides is 1. The van der Waals surface area contributed by atoms with Crippen molar-refractivity contribution in [1.29, 1.82) is 0 Å². The molecule has 2 aromatic carbocycles. The smallest absolute Gasteiger partial charge is 0.227 e. The molecule has 0 fully saturated rings. The molecule has 0 aliphatic heterocycles. The summed E-state index contributed by atoms with van der Waals surface area (Å²) < 4.78 is 32.7. The molecule has 2 aromatic rings. The van der Waals surface area contributed by atoms with E-state index >= 15 is 0 Å². The van der Waals surface area contributed by atoms with E-state index in [0.717, 1.165) is 22.3 Å². The summed E-state index contributed by atoms with van der Waals surface area (Å²) in [6, 6.07) is 9.48. The van der Waals surface area contributed by atoms with Crippen LogP contribution in [0.25, 0.3) is 11.1 Å². The molecule has 8 heteroatoms. The summed E-state index contributed by atoms with van der Waals surface area (Å²) in [4.78, 5) is 13.1. The van der Waals surface area contributed by atoms with Gasteiger partial charge in [0.15, 0.2) is 13.6 Å². The maximum atomic E-state index is 13.1. The van der Waals surface area contributed by atoms with E-state index in [4.69, 9.17) is 28.4 Å². The molecule has 1 amide bonds. The zero-order chi connectivity index (χ0) is 24.2. The highest BCUT2D eigenvalue weighted by molar-refractivity contribution is 5.89. The Balaban J connectivity index is 2.76. The summed E-state index contributed by atoms with van der Waals surface area (Å²) in [5.41, 5.74) is 3.38. The minimum absolute atomic E-state index is 0.0417. The highest BCUT2D eigenvalue weighted by Gasteiger charge is 2.28. The molecule has 2 rings (SSSR count). The molecular weight excluding hydrogens is 426 g/mol. The number of rotatable bonds is 14. The Morgan fingerprint density at radius 1 is 0.970 bits per heavy atom. The topological polar surface area (TPSA) is 84.5 Å². The zero-order valence-electron chi connectivity index (χ0n) is 20.4. The molecule has 0 radical (unpaired) electrons. The average Bonchev–Trinajstić information content (AvgIpc) is 2.84. The minimum Gasteiger partial charge on any atom is -0.497 e. The van der Waals surface area contributed by atoms with Crippen molar-refractivity contribution in [2.45, 2.75) is 26.2 Å². The van der Waals surface area contributed by atoms with Gasteiger partial charge >= 0.3 is 0 Å². The Bertz CT molecular complexity index is 901. The van der Waals surface area contributed by atoms with Gasteiger partial charge in [-0.2, -0.15) is 0 Å². The summed E-state index contributed by atoms with van der Waals surface area (Å²) in [6.45, 7) is 4.87. The Morgan fingerprint density at radius 2 is 1.67 bits per heavy atom. The Kier molecular flexibility index (Phi) is 11.0. The summed E-state index contributed by atoms with van der Waals surface area (Å²) in [5, 5.41) is 2.94. The summed E-state index contributed by atoms with van der Waals surface area (Å²) in [6.07, 6.45) is 0.644. The molecule has 33 heavy (non-hydrogen) atoms. The molecule has 8 nitrogen and oxygen atoms in total. The van der Waals surface area contributed by atoms with Gasteiger partial charge in [0.1, 0.15) is 17.2 Å². The number of hydrogen-bond acceptors (Lipinski definition) is 7. The maximum Gasteiger partial charge on any atom is 0.227 e. The van der Waals surface area contributed by atoms with E-state index in [1.165, 1.54) is 0 Å². The zero-order valence-corrected chi connectivity index (χ0v) is 20.4. The summed E-state index contributed by atoms with van der Waals surface area (Å²) in [5.74, 6) is 1.23. The van der Waals surface area contributed by atoms with Gasteiger partial charge in [0.25, 0.3) is 0 Å². The van der Waals surface area contributed by atoms with Gasteiger partial charge in [0.05, 0.1) is 19.6 Å². The number of methoxy groups -OCH3 is 4. The van der Waals surface area contributed by atoms with Crippen LogP contribution < -0.4 is 19.5 Å². The first-order chi connectivity index (χ1) is 16.0. The Labute approximate surface area is 196 Å². The van der Waals surface area contributed by atoms with E-state index in [1.807, 2.05) is 44.2 Å². The Hall–Kier alpha value is -2.81. The predicted octanol–water partition coefficient (Wildman–Crippen LogP) is 3.76. The average molecular weight is 462 g/mol. The van der Waals surface area contributed by atoms with E-state index in [0.29, 0.717) is 36.8 Å². The fourth-order valence-electron chi connectivity index (χ4n) is 3.66. The van der Waals surface area contributed by atoms with Gasteiger partial charge in [0, 0.05) is 39.5 Å². The quantitative estimate of drug-likeness (QED) is 0.339. The van der Waals surface area contributed by atoms with Crippen molar-refractivity contribution in [1.82, 2.24) is 5.32 Å². The molecule has 0 spiro atoms. The van der Waals surface area contributed by atoms with Gasteiger partial charge in [-0.05, 0) is 42.2 Å². The van der Waals surface area contributed by atoms with Crippen LogP contribution in [0.1, 0.15) is 30.9 Å². The monoisotopic (exact) mass is 461 g/mol. The largest absolute Gasteiger partial charge is 0.497 e. The third kappa shape index (κ3) is 6.83. The van der Waals surface area contributed by atoms with Crippen molar-refractivity contribution >= 4 is 5.91 Å². The van der Waals surface area contributed by atoms with Gasteiger partial charge < -0.3 is 33.7 Å². The van der Waals surface area contributed by atoms with Crippen molar-refractivity contribution in [3.05, 3.63) is 41.5 Å². The molecular formula is C25H35NO7. The number of benzene rings is 2. The van der Waals surface area contributed by atoms with Gasteiger partial charge in [-0.3, -0.25) is 4.79 Å². The standard InChI is InChI=1S/C25H35NO7/c1-7-20-21(32-15-29-4)14-22(33-16-30-5)24(18-9-8-10-19(13-18)31-6)23(20)17(2)25(27)26-11-12-28-3/h8-10,13-14,17H,7,11-12,15-16H2,1-6H3,(H,26,27). The first kappa shape index (κ1) is 26.4. The summed E-state index contributed by atoms with van der Waals surface area (Å²) in [7, 11) is 6.33. The lowest BCUT2D eigenvalue weighted by molar-refractivity contribution is -0.122. The van der Waals surface area contributed by atoms with E-state index in [-0.39, 0.29) is 19.5 Å². The van der Waals surface area contributed by atoms with Gasteiger partial charge in [-0.15, -0.1) is 0 Å². The molecule has 1 atom stereocenters. The van der Waals surface area contributed by atoms with Crippen LogP contribution >= 0.6 is 0 Å². The first-order valence-corrected chi connectivity index (χ1v) is 10.9. The SMILES string of the molecule is CCc1c(OCOC)cc(OCOC)c(-c2cccc(OC)c2)c1C(C)C(=O)NCCOC. The predicted molar refractivity (Wildman–Crippen MR) is 126 cm³/mol. The molecule has 1 unspecified atom stereocenters. The lowest BCUT2D eigenvalue weighted by atomic mass is 9.84. The van der Waals surface area contributed by atoms with Crippen molar-refractivity contribution in [2.75, 3.05) is 55.2 Å². The van der Waals surface area contributed by atoms with Gasteiger partial charge in [0.2, 0.25) is 5.91 Å². The highest BCUT2D eigenvalue weighted by atomic mass is 16.7. The third-order valence-electron chi connectivity index (χ3n) is 5.21. The molecule has 0 saturated heterocycles. The molecule has 0 aromatic heterocycles. The van der Waals surface area contributed by atoms with Crippen LogP contribution in [0, 0.1) is 0 Å². The van der Waals surface area contributed by atoms with E-state index < -0.39 is 5.92 Å². The number of hydrogen-bond donors (Lipinski definition) is 1. The lowest BCUT2D eigenvalue weighted by Gasteiger charge is -2.25. The second-order valence-corrected chi connectivity index (χ2v) is 7.33. The van der Waals surface area contributed by atoms with Crippen LogP contribution in [0.15, 0.2) is 30.3 Å². The van der Waals surface area contributed by atoms with Crippen LogP contribution in [0.5, 0.6) is 17.2 Å². The highest BCUT2D eigenvalue weighted by Crippen LogP contribution is 2.45. The van der Waals surface area contributed by atoms with Crippen molar-refractivity contribution < 1.29 is 33.2 Å². The van der Waals surface area contributed by atoms with Gasteiger partial charge in [-0.1, -0.05) is 19.1 Å². The van der Waals surface area contributed by atoms with Crippen LogP contribution in [0.2, 0.25) is 0 Å². The number of carbonyl (C=O) groups is 1. The second kappa shape index (κ2) is 13.7. The van der Waals surface area contributed by atoms with E-state index in [9.17, 15) is 4.79 Å². The molecule has 0 heterocycles. The van der Waals surface area contributed by atoms with Crippen LogP contribution in [0.4, 0.5) is 0 Å². The minimum atomic E-state index is -0.492. The number of ether oxygens (including phenoxy) is 6. The lowest BCUT2D eigenvalue weighted by Crippen LogP contribution is -2.31. The molecule has 0 aliphatic carbocycles. The first-order valence-electron chi connectivity index (χ1n) is 10.9.